The molecule has 2 aromatic heterocycles. The quantitative estimate of drug-likeness (QED) is 0.205. The van der Waals surface area contributed by atoms with Crippen LogP contribution in [0.1, 0.15) is 27.2 Å². The number of carbonyl (C=O) groups is 1. The van der Waals surface area contributed by atoms with Crippen molar-refractivity contribution in [3.63, 3.8) is 0 Å². The number of halogens is 1. The van der Waals surface area contributed by atoms with E-state index in [0.717, 1.165) is 16.6 Å². The van der Waals surface area contributed by atoms with Crippen molar-refractivity contribution < 1.29 is 13.9 Å². The van der Waals surface area contributed by atoms with Gasteiger partial charge in [0.25, 0.3) is 0 Å². The van der Waals surface area contributed by atoms with E-state index in [-0.39, 0.29) is 11.6 Å². The molecule has 0 amide bonds. The van der Waals surface area contributed by atoms with E-state index in [4.69, 9.17) is 17.0 Å². The Kier molecular flexibility index (Phi) is 6.69. The predicted molar refractivity (Wildman–Crippen MR) is 115 cm³/mol. The maximum atomic E-state index is 13.2. The number of ether oxygens (including phenoxy) is 1. The molecule has 0 atom stereocenters. The summed E-state index contributed by atoms with van der Waals surface area (Å²) in [5, 5.41) is 7.53. The number of aromatic nitrogens is 1. The highest BCUT2D eigenvalue weighted by molar-refractivity contribution is 7.80. The Balaban J connectivity index is 1.90. The van der Waals surface area contributed by atoms with Crippen LogP contribution in [0.5, 0.6) is 0 Å². The lowest BCUT2D eigenvalue weighted by Gasteiger charge is -2.05. The minimum absolute atomic E-state index is 0.187. The minimum Gasteiger partial charge on any atom is -0.383 e. The summed E-state index contributed by atoms with van der Waals surface area (Å²) in [6.45, 7) is 2.96. The molecule has 0 fully saturated rings. The number of hydrogen-bond acceptors (Lipinski definition) is 4. The molecule has 150 valence electrons. The first kappa shape index (κ1) is 20.6. The van der Waals surface area contributed by atoms with Crippen molar-refractivity contribution in [1.29, 1.82) is 0 Å². The molecular formula is C21H21FN4O2S. The molecule has 1 aromatic carbocycles. The Hall–Kier alpha value is -3.10. The second-order valence-corrected chi connectivity index (χ2v) is 6.71. The van der Waals surface area contributed by atoms with Crippen molar-refractivity contribution in [3.8, 4) is 0 Å². The normalized spacial score (nSPS) is 11.1. The van der Waals surface area contributed by atoms with E-state index in [0.29, 0.717) is 29.5 Å². The van der Waals surface area contributed by atoms with E-state index in [2.05, 4.69) is 15.8 Å². The van der Waals surface area contributed by atoms with Crippen molar-refractivity contribution in [2.24, 2.45) is 5.10 Å². The fourth-order valence-electron chi connectivity index (χ4n) is 3.00. The number of benzene rings is 1. The molecule has 3 aromatic rings. The average Bonchev–Trinajstić information content (AvgIpc) is 3.00. The SMILES string of the molecule is COCCNC(=S)N/N=C/c1c(C)c(C(=O)c2ccc(F)cc2)n2ccccc12. The van der Waals surface area contributed by atoms with Gasteiger partial charge in [-0.3, -0.25) is 10.2 Å². The number of hydrogen-bond donors (Lipinski definition) is 2. The predicted octanol–water partition coefficient (Wildman–Crippen LogP) is 3.06. The van der Waals surface area contributed by atoms with Gasteiger partial charge in [-0.25, -0.2) is 4.39 Å². The van der Waals surface area contributed by atoms with Gasteiger partial charge in [0.15, 0.2) is 5.11 Å². The molecular weight excluding hydrogens is 391 g/mol. The molecule has 0 aliphatic rings. The molecule has 0 aliphatic heterocycles. The number of hydrazone groups is 1. The van der Waals surface area contributed by atoms with Gasteiger partial charge in [0.05, 0.1) is 24.0 Å². The first-order valence-electron chi connectivity index (χ1n) is 8.98. The molecule has 0 spiro atoms. The number of fused-ring (bicyclic) bond motifs is 1. The smallest absolute Gasteiger partial charge is 0.210 e. The van der Waals surface area contributed by atoms with E-state index < -0.39 is 0 Å². The van der Waals surface area contributed by atoms with Crippen LogP contribution in [-0.4, -0.2) is 41.8 Å². The van der Waals surface area contributed by atoms with Gasteiger partial charge in [0.2, 0.25) is 5.78 Å². The molecule has 0 saturated carbocycles. The van der Waals surface area contributed by atoms with Crippen LogP contribution in [-0.2, 0) is 4.74 Å². The summed E-state index contributed by atoms with van der Waals surface area (Å²) >= 11 is 5.15. The molecule has 0 bridgehead atoms. The Labute approximate surface area is 173 Å². The zero-order valence-electron chi connectivity index (χ0n) is 16.1. The molecule has 0 saturated heterocycles. The highest BCUT2D eigenvalue weighted by atomic mass is 32.1. The fraction of sp³-hybridized carbons (Fsp3) is 0.190. The third kappa shape index (κ3) is 4.67. The zero-order chi connectivity index (χ0) is 20.8. The van der Waals surface area contributed by atoms with Crippen LogP contribution in [0.25, 0.3) is 5.52 Å². The maximum absolute atomic E-state index is 13.2. The third-order valence-corrected chi connectivity index (χ3v) is 4.64. The Morgan fingerprint density at radius 3 is 2.76 bits per heavy atom. The van der Waals surface area contributed by atoms with Crippen molar-refractivity contribution in [3.05, 3.63) is 76.9 Å². The lowest BCUT2D eigenvalue weighted by molar-refractivity contribution is 0.103. The number of rotatable bonds is 7. The van der Waals surface area contributed by atoms with Gasteiger partial charge in [0, 0.05) is 31.0 Å². The van der Waals surface area contributed by atoms with Gasteiger partial charge in [-0.05, 0) is 61.1 Å². The van der Waals surface area contributed by atoms with Crippen molar-refractivity contribution in [2.45, 2.75) is 6.92 Å². The van der Waals surface area contributed by atoms with Gasteiger partial charge in [-0.1, -0.05) is 6.07 Å². The van der Waals surface area contributed by atoms with Crippen LogP contribution in [0.3, 0.4) is 0 Å². The maximum Gasteiger partial charge on any atom is 0.210 e. The van der Waals surface area contributed by atoms with E-state index in [1.54, 1.807) is 13.3 Å². The van der Waals surface area contributed by atoms with E-state index in [1.807, 2.05) is 35.7 Å². The van der Waals surface area contributed by atoms with Crippen LogP contribution >= 0.6 is 12.2 Å². The summed E-state index contributed by atoms with van der Waals surface area (Å²) < 4.78 is 20.0. The van der Waals surface area contributed by atoms with Crippen molar-refractivity contribution in [1.82, 2.24) is 15.1 Å². The number of nitrogens with one attached hydrogen (secondary N) is 2. The highest BCUT2D eigenvalue weighted by Crippen LogP contribution is 2.24. The van der Waals surface area contributed by atoms with Crippen LogP contribution < -0.4 is 10.7 Å². The first-order valence-corrected chi connectivity index (χ1v) is 9.39. The van der Waals surface area contributed by atoms with Gasteiger partial charge in [-0.15, -0.1) is 0 Å². The second-order valence-electron chi connectivity index (χ2n) is 6.30. The van der Waals surface area contributed by atoms with Crippen LogP contribution in [0.2, 0.25) is 0 Å². The third-order valence-electron chi connectivity index (χ3n) is 4.41. The number of thiocarbonyl (C=S) groups is 1. The molecule has 8 heteroatoms. The Bertz CT molecular complexity index is 1060. The van der Waals surface area contributed by atoms with Crippen LogP contribution in [0, 0.1) is 12.7 Å². The molecule has 0 radical (unpaired) electrons. The van der Waals surface area contributed by atoms with Crippen molar-refractivity contribution >= 4 is 34.8 Å². The standard InChI is InChI=1S/C21H21FN4O2S/c1-14-17(13-24-25-21(29)23-10-12-28-2)18-5-3-4-11-26(18)19(14)20(27)15-6-8-16(22)9-7-15/h3-9,11,13H,10,12H2,1-2H3,(H2,23,25,29)/b24-13+. The van der Waals surface area contributed by atoms with Gasteiger partial charge < -0.3 is 14.5 Å². The number of pyridine rings is 1. The Morgan fingerprint density at radius 1 is 1.28 bits per heavy atom. The molecule has 29 heavy (non-hydrogen) atoms. The number of carbonyl (C=O) groups excluding carboxylic acids is 1. The van der Waals surface area contributed by atoms with Crippen LogP contribution in [0.15, 0.2) is 53.8 Å². The minimum atomic E-state index is -0.382. The fourth-order valence-corrected chi connectivity index (χ4v) is 3.15. The van der Waals surface area contributed by atoms with E-state index >= 15 is 0 Å². The Morgan fingerprint density at radius 2 is 2.03 bits per heavy atom. The second kappa shape index (κ2) is 9.40. The summed E-state index contributed by atoms with van der Waals surface area (Å²) in [7, 11) is 1.61. The number of ketones is 1. The lowest BCUT2D eigenvalue weighted by atomic mass is 10.0. The molecule has 2 N–H and O–H groups in total. The molecule has 3 rings (SSSR count). The summed E-state index contributed by atoms with van der Waals surface area (Å²) in [6, 6.07) is 11.2. The van der Waals surface area contributed by atoms with Gasteiger partial charge >= 0.3 is 0 Å². The first-order chi connectivity index (χ1) is 14.0. The monoisotopic (exact) mass is 412 g/mol. The summed E-state index contributed by atoms with van der Waals surface area (Å²) in [6.07, 6.45) is 3.46. The summed E-state index contributed by atoms with van der Waals surface area (Å²) in [4.78, 5) is 13.1. The molecule has 0 aliphatic carbocycles. The molecule has 0 unspecified atom stereocenters. The number of nitrogens with zero attached hydrogens (tertiary/aromatic N) is 2. The van der Waals surface area contributed by atoms with Crippen molar-refractivity contribution in [2.75, 3.05) is 20.3 Å². The molecule has 6 nitrogen and oxygen atoms in total. The summed E-state index contributed by atoms with van der Waals surface area (Å²) in [5.41, 5.74) is 6.08. The largest absolute Gasteiger partial charge is 0.383 e. The highest BCUT2D eigenvalue weighted by Gasteiger charge is 2.20. The zero-order valence-corrected chi connectivity index (χ0v) is 16.9. The average molecular weight is 412 g/mol. The topological polar surface area (TPSA) is 67.1 Å². The van der Waals surface area contributed by atoms with E-state index in [1.165, 1.54) is 24.3 Å². The number of methoxy groups -OCH3 is 1. The molecule has 2 heterocycles. The lowest BCUT2D eigenvalue weighted by Crippen LogP contribution is -2.34. The summed E-state index contributed by atoms with van der Waals surface area (Å²) in [5.74, 6) is -0.569. The van der Waals surface area contributed by atoms with Crippen LogP contribution in [0.4, 0.5) is 4.39 Å². The van der Waals surface area contributed by atoms with Gasteiger partial charge in [0.1, 0.15) is 5.82 Å². The van der Waals surface area contributed by atoms with E-state index in [9.17, 15) is 9.18 Å². The van der Waals surface area contributed by atoms with Gasteiger partial charge in [-0.2, -0.15) is 5.10 Å².